The number of phenolic OH excluding ortho intramolecular Hbond substituents is 1. The van der Waals surface area contributed by atoms with E-state index in [0.29, 0.717) is 46.6 Å². The summed E-state index contributed by atoms with van der Waals surface area (Å²) in [5.41, 5.74) is 6.59. The maximum Gasteiger partial charge on any atom is 0.258 e. The van der Waals surface area contributed by atoms with Crippen molar-refractivity contribution in [3.63, 3.8) is 0 Å². The number of nitrogens with zero attached hydrogens (tertiary/aromatic N) is 3. The highest BCUT2D eigenvalue weighted by atomic mass is 19.1. The van der Waals surface area contributed by atoms with Gasteiger partial charge < -0.3 is 30.3 Å². The molecule has 0 saturated carbocycles. The van der Waals surface area contributed by atoms with Crippen LogP contribution >= 0.6 is 0 Å². The van der Waals surface area contributed by atoms with Crippen molar-refractivity contribution in [1.29, 1.82) is 0 Å². The third-order valence-electron chi connectivity index (χ3n) is 9.54. The minimum atomic E-state index is -0.654. The fraction of sp³-hybridized carbons (Fsp3) is 0.316. The van der Waals surface area contributed by atoms with Crippen LogP contribution in [-0.2, 0) is 11.2 Å². The Bertz CT molecular complexity index is 1980. The first-order chi connectivity index (χ1) is 23.7. The minimum absolute atomic E-state index is 0.173. The highest BCUT2D eigenvalue weighted by Gasteiger charge is 2.23. The molecule has 0 spiro atoms. The van der Waals surface area contributed by atoms with E-state index in [2.05, 4.69) is 43.7 Å². The number of benzene rings is 4. The highest BCUT2D eigenvalue weighted by molar-refractivity contribution is 6.11. The molecule has 2 aliphatic heterocycles. The number of halogens is 2. The number of H-pyrrole nitrogens is 1. The van der Waals surface area contributed by atoms with E-state index in [-0.39, 0.29) is 24.1 Å². The Labute approximate surface area is 283 Å². The molecule has 1 amide bonds. The first kappa shape index (κ1) is 32.5. The Morgan fingerprint density at radius 3 is 2.47 bits per heavy atom. The molecule has 0 aliphatic carbocycles. The number of aromatic amines is 1. The molecule has 3 heterocycles. The molecule has 2 fully saturated rings. The second-order valence-corrected chi connectivity index (χ2v) is 13.1. The molecule has 7 rings (SSSR count). The summed E-state index contributed by atoms with van der Waals surface area (Å²) in [6.07, 6.45) is 1.93. The fourth-order valence-corrected chi connectivity index (χ4v) is 6.72. The molecule has 1 aromatic heterocycles. The quantitative estimate of drug-likeness (QED) is 0.146. The minimum Gasteiger partial charge on any atom is -0.508 e. The van der Waals surface area contributed by atoms with Gasteiger partial charge >= 0.3 is 0 Å². The number of phenols is 1. The van der Waals surface area contributed by atoms with E-state index in [1.54, 1.807) is 12.1 Å². The monoisotopic (exact) mass is 666 g/mol. The molecule has 0 atom stereocenters. The third kappa shape index (κ3) is 7.23. The second kappa shape index (κ2) is 13.9. The van der Waals surface area contributed by atoms with Crippen molar-refractivity contribution in [1.82, 2.24) is 15.1 Å². The molecule has 5 aromatic rings. The average Bonchev–Trinajstić information content (AvgIpc) is 3.47. The maximum absolute atomic E-state index is 14.2. The Morgan fingerprint density at radius 2 is 1.73 bits per heavy atom. The van der Waals surface area contributed by atoms with Gasteiger partial charge in [0.1, 0.15) is 17.4 Å². The van der Waals surface area contributed by atoms with Crippen LogP contribution in [0.15, 0.2) is 66.7 Å². The fourth-order valence-electron chi connectivity index (χ4n) is 6.72. The lowest BCUT2D eigenvalue weighted by Crippen LogP contribution is -2.44. The van der Waals surface area contributed by atoms with Crippen LogP contribution in [0.2, 0.25) is 0 Å². The number of hydrogen-bond acceptors (Lipinski definition) is 7. The number of fused-ring (bicyclic) bond motifs is 1. The summed E-state index contributed by atoms with van der Waals surface area (Å²) in [7, 11) is 2.13. The lowest BCUT2D eigenvalue weighted by molar-refractivity contribution is 0.0904. The zero-order valence-corrected chi connectivity index (χ0v) is 27.7. The molecule has 4 N–H and O–H groups in total. The molecular formula is C38H40F2N6O3. The molecule has 2 saturated heterocycles. The molecule has 254 valence electrons. The number of nitrogens with one attached hydrogen (secondary N) is 3. The van der Waals surface area contributed by atoms with Crippen molar-refractivity contribution in [3.05, 3.63) is 101 Å². The number of amides is 1. The molecular weight excluding hydrogens is 626 g/mol. The Hall–Kier alpha value is -5.00. The first-order valence-corrected chi connectivity index (χ1v) is 16.7. The zero-order chi connectivity index (χ0) is 34.1. The van der Waals surface area contributed by atoms with Crippen LogP contribution in [0.25, 0.3) is 22.0 Å². The molecule has 0 bridgehead atoms. The third-order valence-corrected chi connectivity index (χ3v) is 9.54. The summed E-state index contributed by atoms with van der Waals surface area (Å²) < 4.78 is 34.0. The van der Waals surface area contributed by atoms with E-state index in [9.17, 15) is 18.7 Å². The lowest BCUT2D eigenvalue weighted by Gasteiger charge is -2.34. The Balaban J connectivity index is 1.23. The number of ether oxygens (including phenoxy) is 1. The van der Waals surface area contributed by atoms with Crippen LogP contribution in [0.5, 0.6) is 5.75 Å². The van der Waals surface area contributed by atoms with Crippen LogP contribution in [-0.4, -0.2) is 78.6 Å². The van der Waals surface area contributed by atoms with Gasteiger partial charge in [-0.3, -0.25) is 9.89 Å². The van der Waals surface area contributed by atoms with E-state index < -0.39 is 11.6 Å². The predicted molar refractivity (Wildman–Crippen MR) is 189 cm³/mol. The number of carbonyl (C=O) groups is 1. The molecule has 0 unspecified atom stereocenters. The Morgan fingerprint density at radius 1 is 0.980 bits per heavy atom. The van der Waals surface area contributed by atoms with Gasteiger partial charge in [0.15, 0.2) is 5.82 Å². The number of aromatic nitrogens is 2. The topological polar surface area (TPSA) is 106 Å². The summed E-state index contributed by atoms with van der Waals surface area (Å²) in [4.78, 5) is 18.7. The van der Waals surface area contributed by atoms with Gasteiger partial charge in [0.05, 0.1) is 11.1 Å². The van der Waals surface area contributed by atoms with Gasteiger partial charge in [-0.15, -0.1) is 0 Å². The largest absolute Gasteiger partial charge is 0.508 e. The van der Waals surface area contributed by atoms with E-state index in [1.165, 1.54) is 12.1 Å². The van der Waals surface area contributed by atoms with Crippen molar-refractivity contribution in [2.75, 3.05) is 62.0 Å². The van der Waals surface area contributed by atoms with Gasteiger partial charge in [0, 0.05) is 68.3 Å². The molecule has 49 heavy (non-hydrogen) atoms. The lowest BCUT2D eigenvalue weighted by atomic mass is 9.92. The molecule has 2 aliphatic rings. The standard InChI is InChI=1S/C38H40F2N6O3/c1-23-15-25(3-6-36(23)47)32-22-35-33(19-26(32)16-24-17-27(39)20-28(40)18-24)37(44-43-35)42-38(48)31-5-4-30(46-11-9-45(2)10-12-46)21-34(31)41-29-7-13-49-14-8-29/h3-6,15,17-22,29,41,47H,7-14,16H2,1-2H3,(H2,42,43,44,48). The van der Waals surface area contributed by atoms with Crippen LogP contribution in [0, 0.1) is 18.6 Å². The van der Waals surface area contributed by atoms with Crippen molar-refractivity contribution in [2.45, 2.75) is 32.2 Å². The van der Waals surface area contributed by atoms with Gasteiger partial charge in [-0.05, 0) is 116 Å². The Kier molecular flexibility index (Phi) is 9.20. The highest BCUT2D eigenvalue weighted by Crippen LogP contribution is 2.35. The summed E-state index contributed by atoms with van der Waals surface area (Å²) >= 11 is 0. The van der Waals surface area contributed by atoms with Crippen molar-refractivity contribution in [2.24, 2.45) is 0 Å². The number of aryl methyl sites for hydroxylation is 1. The van der Waals surface area contributed by atoms with Crippen LogP contribution in [0.3, 0.4) is 0 Å². The molecule has 0 radical (unpaired) electrons. The van der Waals surface area contributed by atoms with Crippen molar-refractivity contribution >= 4 is 34.0 Å². The maximum atomic E-state index is 14.2. The van der Waals surface area contributed by atoms with Crippen LogP contribution in [0.1, 0.15) is 39.9 Å². The number of anilines is 3. The first-order valence-electron chi connectivity index (χ1n) is 16.7. The number of likely N-dealkylation sites (N-methyl/N-ethyl adjacent to an activating group) is 1. The summed E-state index contributed by atoms with van der Waals surface area (Å²) in [6, 6.07) is 18.7. The second-order valence-electron chi connectivity index (χ2n) is 13.1. The number of hydrogen-bond donors (Lipinski definition) is 4. The number of piperazine rings is 1. The summed E-state index contributed by atoms with van der Waals surface area (Å²) in [5.74, 6) is -1.09. The predicted octanol–water partition coefficient (Wildman–Crippen LogP) is 6.71. The van der Waals surface area contributed by atoms with E-state index in [0.717, 1.165) is 73.2 Å². The van der Waals surface area contributed by atoms with E-state index >= 15 is 0 Å². The molecule has 9 nitrogen and oxygen atoms in total. The van der Waals surface area contributed by atoms with Crippen LogP contribution < -0.4 is 15.5 Å². The van der Waals surface area contributed by atoms with Gasteiger partial charge in [-0.2, -0.15) is 5.10 Å². The van der Waals surface area contributed by atoms with Gasteiger partial charge in [-0.25, -0.2) is 8.78 Å². The van der Waals surface area contributed by atoms with Crippen molar-refractivity contribution in [3.8, 4) is 16.9 Å². The SMILES string of the molecule is Cc1cc(-c2cc3[nH]nc(NC(=O)c4ccc(N5CCN(C)CC5)cc4NC4CCOCC4)c3cc2Cc2cc(F)cc(F)c2)ccc1O. The molecule has 4 aromatic carbocycles. The van der Waals surface area contributed by atoms with Crippen LogP contribution in [0.4, 0.5) is 26.0 Å². The van der Waals surface area contributed by atoms with E-state index in [1.807, 2.05) is 37.3 Å². The average molecular weight is 667 g/mol. The van der Waals surface area contributed by atoms with Crippen molar-refractivity contribution < 1.29 is 23.4 Å². The van der Waals surface area contributed by atoms with Gasteiger partial charge in [0.25, 0.3) is 5.91 Å². The number of aromatic hydroxyl groups is 1. The molecule has 11 heteroatoms. The van der Waals surface area contributed by atoms with Gasteiger partial charge in [-0.1, -0.05) is 6.07 Å². The number of rotatable bonds is 8. The van der Waals surface area contributed by atoms with Gasteiger partial charge in [0.2, 0.25) is 0 Å². The summed E-state index contributed by atoms with van der Waals surface area (Å²) in [6.45, 7) is 6.93. The number of carbonyl (C=O) groups excluding carboxylic acids is 1. The van der Waals surface area contributed by atoms with E-state index in [4.69, 9.17) is 4.74 Å². The smallest absolute Gasteiger partial charge is 0.258 e. The zero-order valence-electron chi connectivity index (χ0n) is 27.7. The normalized spacial score (nSPS) is 15.9. The summed E-state index contributed by atoms with van der Waals surface area (Å²) in [5, 5.41) is 25.0.